The van der Waals surface area contributed by atoms with E-state index in [1.165, 1.54) is 5.56 Å². The van der Waals surface area contributed by atoms with Gasteiger partial charge in [0.15, 0.2) is 0 Å². The summed E-state index contributed by atoms with van der Waals surface area (Å²) in [6, 6.07) is 11.9. The molecule has 18 heavy (non-hydrogen) atoms. The predicted octanol–water partition coefficient (Wildman–Crippen LogP) is 4.73. The molecule has 0 N–H and O–H groups in total. The number of benzene rings is 1. The van der Waals surface area contributed by atoms with Gasteiger partial charge < -0.3 is 0 Å². The maximum absolute atomic E-state index is 5.91. The first-order valence-electron chi connectivity index (χ1n) is 5.55. The van der Waals surface area contributed by atoms with Crippen molar-refractivity contribution in [3.8, 4) is 11.4 Å². The molecule has 0 aliphatic rings. The second-order valence-electron chi connectivity index (χ2n) is 4.19. The highest BCUT2D eigenvalue weighted by atomic mass is 79.9. The third-order valence-electron chi connectivity index (χ3n) is 2.86. The van der Waals surface area contributed by atoms with Crippen LogP contribution in [0, 0.1) is 6.92 Å². The van der Waals surface area contributed by atoms with Gasteiger partial charge in [0.1, 0.15) is 10.4 Å². The minimum absolute atomic E-state index is 0.731. The molecule has 2 nitrogen and oxygen atoms in total. The monoisotopic (exact) mass is 320 g/mol. The van der Waals surface area contributed by atoms with Crippen LogP contribution in [0.2, 0.25) is 5.02 Å². The van der Waals surface area contributed by atoms with Gasteiger partial charge in [-0.2, -0.15) is 0 Å². The van der Waals surface area contributed by atoms with Crippen molar-refractivity contribution in [2.75, 3.05) is 0 Å². The minimum Gasteiger partial charge on any atom is -0.299 e. The fourth-order valence-electron chi connectivity index (χ4n) is 1.96. The van der Waals surface area contributed by atoms with E-state index in [1.807, 2.05) is 30.5 Å². The molecule has 0 aliphatic carbocycles. The topological polar surface area (TPSA) is 17.3 Å². The molecule has 3 aromatic rings. The Labute approximate surface area is 118 Å². The maximum atomic E-state index is 5.91. The van der Waals surface area contributed by atoms with Crippen molar-refractivity contribution in [3.63, 3.8) is 0 Å². The van der Waals surface area contributed by atoms with E-state index in [-0.39, 0.29) is 0 Å². The molecular weight excluding hydrogens is 312 g/mol. The lowest BCUT2D eigenvalue weighted by molar-refractivity contribution is 1.15. The molecule has 2 aromatic heterocycles. The van der Waals surface area contributed by atoms with Crippen LogP contribution in [0.25, 0.3) is 16.9 Å². The second kappa shape index (κ2) is 4.41. The Morgan fingerprint density at radius 2 is 1.89 bits per heavy atom. The van der Waals surface area contributed by atoms with Crippen LogP contribution in [0.3, 0.4) is 0 Å². The quantitative estimate of drug-likeness (QED) is 0.633. The number of aromatic nitrogens is 2. The third-order valence-corrected chi connectivity index (χ3v) is 3.69. The zero-order valence-corrected chi connectivity index (χ0v) is 12.0. The van der Waals surface area contributed by atoms with Gasteiger partial charge in [-0.05, 0) is 64.8 Å². The summed E-state index contributed by atoms with van der Waals surface area (Å²) in [6.45, 7) is 2.07. The molecule has 0 spiro atoms. The van der Waals surface area contributed by atoms with Gasteiger partial charge >= 0.3 is 0 Å². The fraction of sp³-hybridized carbons (Fsp3) is 0.0714. The van der Waals surface area contributed by atoms with Crippen LogP contribution in [0.4, 0.5) is 0 Å². The molecule has 2 heterocycles. The highest BCUT2D eigenvalue weighted by Gasteiger charge is 2.10. The van der Waals surface area contributed by atoms with Crippen LogP contribution in [-0.2, 0) is 0 Å². The van der Waals surface area contributed by atoms with E-state index in [0.29, 0.717) is 0 Å². The number of aryl methyl sites for hydroxylation is 1. The number of hydrogen-bond donors (Lipinski definition) is 0. The van der Waals surface area contributed by atoms with E-state index in [2.05, 4.69) is 44.4 Å². The molecule has 90 valence electrons. The summed E-state index contributed by atoms with van der Waals surface area (Å²) in [7, 11) is 0. The average molecular weight is 322 g/mol. The van der Waals surface area contributed by atoms with E-state index in [9.17, 15) is 0 Å². The molecule has 0 bridgehead atoms. The Kier molecular flexibility index (Phi) is 2.88. The third kappa shape index (κ3) is 1.93. The van der Waals surface area contributed by atoms with Gasteiger partial charge in [-0.3, -0.25) is 4.40 Å². The average Bonchev–Trinajstić information content (AvgIpc) is 2.68. The number of rotatable bonds is 1. The summed E-state index contributed by atoms with van der Waals surface area (Å²) in [5, 5.41) is 0.731. The molecule has 0 saturated carbocycles. The van der Waals surface area contributed by atoms with Crippen LogP contribution < -0.4 is 0 Å². The Balaban J connectivity index is 2.26. The number of hydrogen-bond acceptors (Lipinski definition) is 1. The molecule has 4 heteroatoms. The lowest BCUT2D eigenvalue weighted by Gasteiger charge is -2.02. The van der Waals surface area contributed by atoms with Gasteiger partial charge in [0.25, 0.3) is 0 Å². The first-order valence-corrected chi connectivity index (χ1v) is 6.72. The maximum Gasteiger partial charge on any atom is 0.145 e. The molecule has 3 rings (SSSR count). The first-order chi connectivity index (χ1) is 8.65. The number of fused-ring (bicyclic) bond motifs is 1. The summed E-state index contributed by atoms with van der Waals surface area (Å²) < 4.78 is 2.93. The molecule has 0 amide bonds. The van der Waals surface area contributed by atoms with Gasteiger partial charge in [0.2, 0.25) is 0 Å². The van der Waals surface area contributed by atoms with Crippen LogP contribution in [-0.4, -0.2) is 9.38 Å². The van der Waals surface area contributed by atoms with Gasteiger partial charge in [0, 0.05) is 16.8 Å². The van der Waals surface area contributed by atoms with Crippen LogP contribution >= 0.6 is 27.5 Å². The Bertz CT molecular complexity index is 716. The van der Waals surface area contributed by atoms with Crippen molar-refractivity contribution in [3.05, 3.63) is 57.8 Å². The fourth-order valence-corrected chi connectivity index (χ4v) is 2.56. The lowest BCUT2D eigenvalue weighted by atomic mass is 10.2. The highest BCUT2D eigenvalue weighted by Crippen LogP contribution is 2.27. The van der Waals surface area contributed by atoms with Crippen molar-refractivity contribution in [2.24, 2.45) is 0 Å². The molecule has 0 aliphatic heterocycles. The summed E-state index contributed by atoms with van der Waals surface area (Å²) in [5.74, 6) is 0.911. The molecular formula is C14H10BrClN2. The summed E-state index contributed by atoms with van der Waals surface area (Å²) in [4.78, 5) is 4.57. The predicted molar refractivity (Wildman–Crippen MR) is 78.1 cm³/mol. The van der Waals surface area contributed by atoms with Gasteiger partial charge in [-0.15, -0.1) is 0 Å². The highest BCUT2D eigenvalue weighted by molar-refractivity contribution is 9.10. The summed E-state index contributed by atoms with van der Waals surface area (Å²) in [5.41, 5.74) is 3.33. The Morgan fingerprint density at radius 3 is 2.61 bits per heavy atom. The van der Waals surface area contributed by atoms with Crippen LogP contribution in [0.1, 0.15) is 5.56 Å². The lowest BCUT2D eigenvalue weighted by Crippen LogP contribution is -1.89. The Hall–Kier alpha value is -1.32. The van der Waals surface area contributed by atoms with Crippen molar-refractivity contribution in [1.82, 2.24) is 9.38 Å². The van der Waals surface area contributed by atoms with Crippen molar-refractivity contribution >= 4 is 33.0 Å². The Morgan fingerprint density at radius 1 is 1.17 bits per heavy atom. The van der Waals surface area contributed by atoms with E-state index < -0.39 is 0 Å². The molecule has 1 aromatic carbocycles. The van der Waals surface area contributed by atoms with E-state index >= 15 is 0 Å². The van der Waals surface area contributed by atoms with Crippen LogP contribution in [0.5, 0.6) is 0 Å². The molecule has 0 atom stereocenters. The summed E-state index contributed by atoms with van der Waals surface area (Å²) in [6.07, 6.45) is 2.03. The molecule has 0 radical (unpaired) electrons. The number of nitrogens with zero attached hydrogens (tertiary/aromatic N) is 2. The SMILES string of the molecule is Cc1ccn2c(-c3ccc(Cl)cc3)nc(Br)c2c1. The first kappa shape index (κ1) is 11.8. The number of pyridine rings is 1. The smallest absolute Gasteiger partial charge is 0.145 e. The van der Waals surface area contributed by atoms with Crippen molar-refractivity contribution < 1.29 is 0 Å². The van der Waals surface area contributed by atoms with Crippen LogP contribution in [0.15, 0.2) is 47.2 Å². The number of halogens is 2. The van der Waals surface area contributed by atoms with Gasteiger partial charge in [-0.25, -0.2) is 4.98 Å². The van der Waals surface area contributed by atoms with Gasteiger partial charge in [-0.1, -0.05) is 11.6 Å². The van der Waals surface area contributed by atoms with E-state index in [4.69, 9.17) is 11.6 Å². The zero-order chi connectivity index (χ0) is 12.7. The number of imidazole rings is 1. The minimum atomic E-state index is 0.731. The van der Waals surface area contributed by atoms with E-state index in [1.54, 1.807) is 0 Å². The molecule has 0 unspecified atom stereocenters. The van der Waals surface area contributed by atoms with Gasteiger partial charge in [0.05, 0.1) is 5.52 Å². The molecule has 0 fully saturated rings. The van der Waals surface area contributed by atoms with E-state index in [0.717, 1.165) is 26.5 Å². The summed E-state index contributed by atoms with van der Waals surface area (Å²) >= 11 is 9.41. The van der Waals surface area contributed by atoms with Crippen molar-refractivity contribution in [1.29, 1.82) is 0 Å². The normalized spacial score (nSPS) is 11.1. The molecule has 0 saturated heterocycles. The standard InChI is InChI=1S/C14H10BrClN2/c1-9-6-7-18-12(8-9)13(15)17-14(18)10-2-4-11(16)5-3-10/h2-8H,1H3. The van der Waals surface area contributed by atoms with Crippen molar-refractivity contribution in [2.45, 2.75) is 6.92 Å². The zero-order valence-electron chi connectivity index (χ0n) is 9.69. The largest absolute Gasteiger partial charge is 0.299 e. The second-order valence-corrected chi connectivity index (χ2v) is 5.38.